The van der Waals surface area contributed by atoms with Gasteiger partial charge in [-0.3, -0.25) is 4.79 Å². The molecule has 0 aliphatic rings. The van der Waals surface area contributed by atoms with Gasteiger partial charge in [-0.2, -0.15) is 0 Å². The van der Waals surface area contributed by atoms with E-state index < -0.39 is 12.1 Å². The maximum Gasteiger partial charge on any atom is 0.306 e. The first-order valence-electron chi connectivity index (χ1n) is 10.6. The van der Waals surface area contributed by atoms with E-state index in [0.29, 0.717) is 17.4 Å². The van der Waals surface area contributed by atoms with Crippen molar-refractivity contribution >= 4 is 11.9 Å². The van der Waals surface area contributed by atoms with Crippen LogP contribution in [0.15, 0.2) is 12.2 Å². The van der Waals surface area contributed by atoms with Crippen molar-refractivity contribution in [3.63, 3.8) is 0 Å². The van der Waals surface area contributed by atoms with Crippen LogP contribution in [-0.2, 0) is 14.3 Å². The van der Waals surface area contributed by atoms with Crippen LogP contribution in [0, 0.1) is 0 Å². The number of ether oxygens (including phenoxy) is 1. The SMILES string of the molecule is CCCCC/C=C/CCCCCCCC(=O)OC(CC(=O)[O-])C[N+](C)(C)C. The van der Waals surface area contributed by atoms with Crippen LogP contribution in [0.4, 0.5) is 0 Å². The summed E-state index contributed by atoms with van der Waals surface area (Å²) < 4.78 is 5.89. The summed E-state index contributed by atoms with van der Waals surface area (Å²) >= 11 is 0. The predicted molar refractivity (Wildman–Crippen MR) is 108 cm³/mol. The average molecular weight is 384 g/mol. The number of hydrogen-bond donors (Lipinski definition) is 0. The number of carbonyl (C=O) groups is 2. The molecule has 5 heteroatoms. The third-order valence-electron chi connectivity index (χ3n) is 4.34. The monoisotopic (exact) mass is 383 g/mol. The Hall–Kier alpha value is -1.36. The molecule has 0 aliphatic heterocycles. The van der Waals surface area contributed by atoms with Crippen molar-refractivity contribution in [2.75, 3.05) is 27.7 Å². The summed E-state index contributed by atoms with van der Waals surface area (Å²) in [5.74, 6) is -1.48. The standard InChI is InChI=1S/C22H41NO4/c1-5-6-7-8-9-10-11-12-13-14-15-16-17-22(26)27-20(18-21(24)25)19-23(2,3)4/h9-10,20H,5-8,11-19H2,1-4H3/b10-9+. The molecule has 0 spiro atoms. The lowest BCUT2D eigenvalue weighted by Crippen LogP contribution is -2.45. The van der Waals surface area contributed by atoms with Gasteiger partial charge < -0.3 is 19.1 Å². The second-order valence-corrected chi connectivity index (χ2v) is 8.43. The van der Waals surface area contributed by atoms with Crippen LogP contribution in [0.5, 0.6) is 0 Å². The van der Waals surface area contributed by atoms with Crippen molar-refractivity contribution in [2.24, 2.45) is 0 Å². The number of rotatable bonds is 17. The van der Waals surface area contributed by atoms with Crippen LogP contribution in [0.3, 0.4) is 0 Å². The van der Waals surface area contributed by atoms with E-state index in [4.69, 9.17) is 4.74 Å². The van der Waals surface area contributed by atoms with Gasteiger partial charge in [-0.25, -0.2) is 0 Å². The lowest BCUT2D eigenvalue weighted by atomic mass is 10.1. The Labute approximate surface area is 166 Å². The molecule has 0 saturated carbocycles. The lowest BCUT2D eigenvalue weighted by Gasteiger charge is -2.29. The summed E-state index contributed by atoms with van der Waals surface area (Å²) in [5.41, 5.74) is 0. The van der Waals surface area contributed by atoms with Crippen molar-refractivity contribution in [3.05, 3.63) is 12.2 Å². The number of likely N-dealkylation sites (N-methyl/N-ethyl adjacent to an activating group) is 1. The van der Waals surface area contributed by atoms with Crippen molar-refractivity contribution in [1.82, 2.24) is 0 Å². The minimum absolute atomic E-state index is 0.243. The highest BCUT2D eigenvalue weighted by Gasteiger charge is 2.22. The summed E-state index contributed by atoms with van der Waals surface area (Å²) in [6.07, 6.45) is 15.6. The first-order valence-corrected chi connectivity index (χ1v) is 10.6. The van der Waals surface area contributed by atoms with Gasteiger partial charge in [0, 0.05) is 18.8 Å². The largest absolute Gasteiger partial charge is 0.550 e. The Morgan fingerprint density at radius 3 is 2.04 bits per heavy atom. The average Bonchev–Trinajstić information content (AvgIpc) is 2.53. The topological polar surface area (TPSA) is 66.4 Å². The summed E-state index contributed by atoms with van der Waals surface area (Å²) in [6, 6.07) is 0. The Morgan fingerprint density at radius 2 is 1.48 bits per heavy atom. The zero-order valence-corrected chi connectivity index (χ0v) is 18.0. The van der Waals surface area contributed by atoms with Crippen LogP contribution < -0.4 is 5.11 Å². The summed E-state index contributed by atoms with van der Waals surface area (Å²) in [7, 11) is 5.82. The normalized spacial score (nSPS) is 13.0. The van der Waals surface area contributed by atoms with Gasteiger partial charge >= 0.3 is 5.97 Å². The van der Waals surface area contributed by atoms with Crippen LogP contribution in [-0.4, -0.2) is 50.2 Å². The molecule has 0 fully saturated rings. The number of carboxylic acid groups (broad SMARTS) is 1. The fourth-order valence-electron chi connectivity index (χ4n) is 2.99. The van der Waals surface area contributed by atoms with Gasteiger partial charge in [-0.05, 0) is 32.1 Å². The van der Waals surface area contributed by atoms with Crippen LogP contribution in [0.2, 0.25) is 0 Å². The van der Waals surface area contributed by atoms with E-state index in [1.165, 1.54) is 38.5 Å². The first kappa shape index (κ1) is 25.6. The van der Waals surface area contributed by atoms with Gasteiger partial charge in [0.05, 0.1) is 21.1 Å². The van der Waals surface area contributed by atoms with E-state index in [0.717, 1.165) is 25.7 Å². The third kappa shape index (κ3) is 19.2. The number of unbranched alkanes of at least 4 members (excludes halogenated alkanes) is 8. The van der Waals surface area contributed by atoms with Crippen molar-refractivity contribution < 1.29 is 23.9 Å². The van der Waals surface area contributed by atoms with Crippen LogP contribution in [0.1, 0.15) is 84.0 Å². The number of aliphatic carboxylic acids is 1. The van der Waals surface area contributed by atoms with E-state index in [9.17, 15) is 14.7 Å². The molecule has 0 aromatic carbocycles. The van der Waals surface area contributed by atoms with Gasteiger partial charge in [0.15, 0.2) is 6.10 Å². The van der Waals surface area contributed by atoms with Crippen molar-refractivity contribution in [3.8, 4) is 0 Å². The number of esters is 1. The maximum absolute atomic E-state index is 12.0. The van der Waals surface area contributed by atoms with E-state index >= 15 is 0 Å². The predicted octanol–water partition coefficient (Wildman–Crippen LogP) is 3.61. The highest BCUT2D eigenvalue weighted by Crippen LogP contribution is 2.11. The minimum atomic E-state index is -1.18. The molecule has 0 radical (unpaired) electrons. The molecular weight excluding hydrogens is 342 g/mol. The van der Waals surface area contributed by atoms with Crippen molar-refractivity contribution in [2.45, 2.75) is 90.1 Å². The zero-order chi connectivity index (χ0) is 20.5. The van der Waals surface area contributed by atoms with E-state index in [1.54, 1.807) is 0 Å². The highest BCUT2D eigenvalue weighted by molar-refractivity contribution is 5.70. The lowest BCUT2D eigenvalue weighted by molar-refractivity contribution is -0.873. The summed E-state index contributed by atoms with van der Waals surface area (Å²) in [5, 5.41) is 10.8. The molecule has 0 N–H and O–H groups in total. The molecule has 0 amide bonds. The zero-order valence-electron chi connectivity index (χ0n) is 18.0. The molecule has 0 saturated heterocycles. The number of carboxylic acids is 1. The Bertz CT molecular complexity index is 427. The maximum atomic E-state index is 12.0. The fraction of sp³-hybridized carbons (Fsp3) is 0.818. The molecular formula is C22H41NO4. The molecule has 1 atom stereocenters. The van der Waals surface area contributed by atoms with Crippen LogP contribution in [0.25, 0.3) is 0 Å². The van der Waals surface area contributed by atoms with Gasteiger partial charge in [0.2, 0.25) is 0 Å². The van der Waals surface area contributed by atoms with E-state index in [-0.39, 0.29) is 12.4 Å². The van der Waals surface area contributed by atoms with Gasteiger partial charge in [0.25, 0.3) is 0 Å². The molecule has 1 unspecified atom stereocenters. The molecule has 0 aromatic heterocycles. The molecule has 0 heterocycles. The molecule has 0 rings (SSSR count). The first-order chi connectivity index (χ1) is 12.7. The number of hydrogen-bond acceptors (Lipinski definition) is 4. The second kappa shape index (κ2) is 15.7. The summed E-state index contributed by atoms with van der Waals surface area (Å²) in [6.45, 7) is 2.69. The van der Waals surface area contributed by atoms with E-state index in [2.05, 4.69) is 19.1 Å². The smallest absolute Gasteiger partial charge is 0.306 e. The third-order valence-corrected chi connectivity index (χ3v) is 4.34. The second-order valence-electron chi connectivity index (χ2n) is 8.43. The minimum Gasteiger partial charge on any atom is -0.550 e. The Morgan fingerprint density at radius 1 is 0.926 bits per heavy atom. The Kier molecular flexibility index (Phi) is 14.9. The van der Waals surface area contributed by atoms with Crippen molar-refractivity contribution in [1.29, 1.82) is 0 Å². The van der Waals surface area contributed by atoms with Crippen LogP contribution >= 0.6 is 0 Å². The van der Waals surface area contributed by atoms with Gasteiger partial charge in [-0.1, -0.05) is 51.2 Å². The fourth-order valence-corrected chi connectivity index (χ4v) is 2.99. The Balaban J connectivity index is 3.75. The molecule has 0 aromatic rings. The summed E-state index contributed by atoms with van der Waals surface area (Å²) in [4.78, 5) is 22.8. The van der Waals surface area contributed by atoms with Gasteiger partial charge in [-0.15, -0.1) is 0 Å². The molecule has 0 bridgehead atoms. The molecule has 158 valence electrons. The van der Waals surface area contributed by atoms with Gasteiger partial charge in [0.1, 0.15) is 6.54 Å². The quantitative estimate of drug-likeness (QED) is 0.167. The molecule has 27 heavy (non-hydrogen) atoms. The molecule has 5 nitrogen and oxygen atoms in total. The molecule has 0 aliphatic carbocycles. The number of nitrogens with zero attached hydrogens (tertiary/aromatic N) is 1. The van der Waals surface area contributed by atoms with E-state index in [1.807, 2.05) is 21.1 Å². The number of allylic oxidation sites excluding steroid dienone is 2. The number of quaternary nitrogens is 1. The number of carbonyl (C=O) groups excluding carboxylic acids is 2. The highest BCUT2D eigenvalue weighted by atomic mass is 16.5.